The summed E-state index contributed by atoms with van der Waals surface area (Å²) in [7, 11) is 0. The van der Waals surface area contributed by atoms with Gasteiger partial charge in [-0.15, -0.1) is 44.2 Å². The summed E-state index contributed by atoms with van der Waals surface area (Å²) in [6.07, 6.45) is 3.76. The van der Waals surface area contributed by atoms with Crippen molar-refractivity contribution in [3.8, 4) is 0 Å². The maximum Gasteiger partial charge on any atom is 0.122 e. The quantitative estimate of drug-likeness (QED) is 0.738. The summed E-state index contributed by atoms with van der Waals surface area (Å²) < 4.78 is 0. The fourth-order valence-electron chi connectivity index (χ4n) is 1.63. The van der Waals surface area contributed by atoms with Gasteiger partial charge in [0.1, 0.15) is 10.0 Å². The zero-order valence-electron chi connectivity index (χ0n) is 9.79. The molecule has 0 atom stereocenters. The van der Waals surface area contributed by atoms with Gasteiger partial charge in [-0.25, -0.2) is 4.98 Å². The van der Waals surface area contributed by atoms with Crippen LogP contribution in [0.3, 0.4) is 0 Å². The number of thiazole rings is 1. The van der Waals surface area contributed by atoms with Crippen molar-refractivity contribution in [2.75, 3.05) is 0 Å². The second-order valence-electron chi connectivity index (χ2n) is 3.87. The van der Waals surface area contributed by atoms with Gasteiger partial charge in [0.2, 0.25) is 0 Å². The average Bonchev–Trinajstić information content (AvgIpc) is 3.04. The summed E-state index contributed by atoms with van der Waals surface area (Å²) in [5.74, 6) is 0. The van der Waals surface area contributed by atoms with Gasteiger partial charge in [-0.05, 0) is 18.4 Å². The van der Waals surface area contributed by atoms with E-state index in [1.54, 1.807) is 34.0 Å². The first-order chi connectivity index (χ1) is 8.79. The van der Waals surface area contributed by atoms with Crippen LogP contribution in [0.5, 0.6) is 0 Å². The summed E-state index contributed by atoms with van der Waals surface area (Å²) >= 11 is 5.21. The number of hydrogen-bond donors (Lipinski definition) is 0. The Hall–Kier alpha value is -1.11. The standard InChI is InChI=1S/C12H11N3S3/c1-8-14-15-12(17-8)6-10-7-13-11(18-10)5-9-3-2-4-16-9/h2-4,7H,5-6H2,1H3. The van der Waals surface area contributed by atoms with E-state index in [4.69, 9.17) is 0 Å². The summed E-state index contributed by atoms with van der Waals surface area (Å²) in [5.41, 5.74) is 0. The molecule has 3 heterocycles. The van der Waals surface area contributed by atoms with E-state index >= 15 is 0 Å². The molecule has 92 valence electrons. The Morgan fingerprint density at radius 1 is 1.06 bits per heavy atom. The predicted octanol–water partition coefficient (Wildman–Crippen LogP) is 3.55. The molecule has 3 nitrogen and oxygen atoms in total. The Balaban J connectivity index is 1.69. The van der Waals surface area contributed by atoms with Crippen LogP contribution in [0.4, 0.5) is 0 Å². The highest BCUT2D eigenvalue weighted by molar-refractivity contribution is 7.13. The molecular formula is C12H11N3S3. The normalized spacial score (nSPS) is 10.9. The molecule has 0 aromatic carbocycles. The third-order valence-corrected chi connectivity index (χ3v) is 5.11. The highest BCUT2D eigenvalue weighted by Gasteiger charge is 2.07. The lowest BCUT2D eigenvalue weighted by Gasteiger charge is -1.91. The van der Waals surface area contributed by atoms with Crippen molar-refractivity contribution < 1.29 is 0 Å². The van der Waals surface area contributed by atoms with E-state index < -0.39 is 0 Å². The van der Waals surface area contributed by atoms with Gasteiger partial charge in [-0.2, -0.15) is 0 Å². The van der Waals surface area contributed by atoms with Crippen molar-refractivity contribution in [1.82, 2.24) is 15.2 Å². The second kappa shape index (κ2) is 5.26. The zero-order chi connectivity index (χ0) is 12.4. The molecule has 0 N–H and O–H groups in total. The Bertz CT molecular complexity index is 625. The van der Waals surface area contributed by atoms with Crippen LogP contribution in [0.2, 0.25) is 0 Å². The van der Waals surface area contributed by atoms with Gasteiger partial charge in [0.15, 0.2) is 0 Å². The van der Waals surface area contributed by atoms with Crippen LogP contribution in [0, 0.1) is 6.92 Å². The molecule has 18 heavy (non-hydrogen) atoms. The maximum atomic E-state index is 4.48. The molecule has 3 aromatic rings. The molecule has 0 aliphatic carbocycles. The average molecular weight is 293 g/mol. The molecule has 0 aliphatic heterocycles. The number of rotatable bonds is 4. The summed E-state index contributed by atoms with van der Waals surface area (Å²) in [6.45, 7) is 1.98. The molecule has 3 aromatic heterocycles. The Morgan fingerprint density at radius 3 is 2.67 bits per heavy atom. The Kier molecular flexibility index (Phi) is 3.49. The molecular weight excluding hydrogens is 282 g/mol. The van der Waals surface area contributed by atoms with Gasteiger partial charge in [-0.3, -0.25) is 0 Å². The van der Waals surface area contributed by atoms with E-state index in [-0.39, 0.29) is 0 Å². The minimum atomic E-state index is 0.855. The number of aryl methyl sites for hydroxylation is 1. The van der Waals surface area contributed by atoms with Gasteiger partial charge in [0.25, 0.3) is 0 Å². The lowest BCUT2D eigenvalue weighted by Crippen LogP contribution is -1.82. The van der Waals surface area contributed by atoms with E-state index in [1.807, 2.05) is 13.1 Å². The molecule has 0 fully saturated rings. The molecule has 0 radical (unpaired) electrons. The SMILES string of the molecule is Cc1nnc(Cc2cnc(Cc3cccs3)s2)s1. The first kappa shape index (κ1) is 12.0. The molecule has 0 bridgehead atoms. The van der Waals surface area contributed by atoms with Crippen molar-refractivity contribution >= 4 is 34.0 Å². The van der Waals surface area contributed by atoms with Crippen LogP contribution in [-0.2, 0) is 12.8 Å². The van der Waals surface area contributed by atoms with Gasteiger partial charge in [0.05, 0.1) is 5.01 Å². The maximum absolute atomic E-state index is 4.48. The number of nitrogens with zero attached hydrogens (tertiary/aromatic N) is 3. The monoisotopic (exact) mass is 293 g/mol. The molecule has 6 heteroatoms. The first-order valence-electron chi connectivity index (χ1n) is 5.54. The highest BCUT2D eigenvalue weighted by atomic mass is 32.1. The lowest BCUT2D eigenvalue weighted by atomic mass is 10.3. The minimum Gasteiger partial charge on any atom is -0.249 e. The van der Waals surface area contributed by atoms with Crippen LogP contribution in [-0.4, -0.2) is 15.2 Å². The van der Waals surface area contributed by atoms with E-state index in [0.717, 1.165) is 22.9 Å². The van der Waals surface area contributed by atoms with Gasteiger partial charge in [0, 0.05) is 28.8 Å². The van der Waals surface area contributed by atoms with Gasteiger partial charge < -0.3 is 0 Å². The van der Waals surface area contributed by atoms with Crippen molar-refractivity contribution in [2.45, 2.75) is 19.8 Å². The number of aromatic nitrogens is 3. The van der Waals surface area contributed by atoms with E-state index in [2.05, 4.69) is 32.7 Å². The van der Waals surface area contributed by atoms with Crippen LogP contribution in [0.15, 0.2) is 23.7 Å². The fraction of sp³-hybridized carbons (Fsp3) is 0.250. The predicted molar refractivity (Wildman–Crippen MR) is 76.7 cm³/mol. The largest absolute Gasteiger partial charge is 0.249 e. The molecule has 0 amide bonds. The van der Waals surface area contributed by atoms with Crippen LogP contribution < -0.4 is 0 Å². The van der Waals surface area contributed by atoms with Gasteiger partial charge in [-0.1, -0.05) is 6.07 Å². The smallest absolute Gasteiger partial charge is 0.122 e. The molecule has 3 rings (SSSR count). The minimum absolute atomic E-state index is 0.855. The number of hydrogen-bond acceptors (Lipinski definition) is 6. The highest BCUT2D eigenvalue weighted by Crippen LogP contribution is 2.22. The summed E-state index contributed by atoms with van der Waals surface area (Å²) in [5, 5.41) is 13.5. The first-order valence-corrected chi connectivity index (χ1v) is 8.06. The van der Waals surface area contributed by atoms with E-state index in [1.165, 1.54) is 14.8 Å². The number of thiophene rings is 1. The van der Waals surface area contributed by atoms with Crippen LogP contribution in [0.1, 0.15) is 24.8 Å². The van der Waals surface area contributed by atoms with E-state index in [0.29, 0.717) is 0 Å². The van der Waals surface area contributed by atoms with Crippen LogP contribution in [0.25, 0.3) is 0 Å². The topological polar surface area (TPSA) is 38.7 Å². The Morgan fingerprint density at radius 2 is 1.94 bits per heavy atom. The lowest BCUT2D eigenvalue weighted by molar-refractivity contribution is 0.986. The second-order valence-corrected chi connectivity index (χ2v) is 7.37. The van der Waals surface area contributed by atoms with Gasteiger partial charge >= 0.3 is 0 Å². The zero-order valence-corrected chi connectivity index (χ0v) is 12.2. The third kappa shape index (κ3) is 2.82. The van der Waals surface area contributed by atoms with Crippen molar-refractivity contribution in [3.63, 3.8) is 0 Å². The van der Waals surface area contributed by atoms with Crippen molar-refractivity contribution in [1.29, 1.82) is 0 Å². The molecule has 0 unspecified atom stereocenters. The summed E-state index contributed by atoms with van der Waals surface area (Å²) in [6, 6.07) is 4.23. The van der Waals surface area contributed by atoms with E-state index in [9.17, 15) is 0 Å². The molecule has 0 saturated carbocycles. The fourth-order valence-corrected chi connectivity index (χ4v) is 4.21. The third-order valence-electron chi connectivity index (χ3n) is 2.40. The van der Waals surface area contributed by atoms with Crippen molar-refractivity contribution in [2.24, 2.45) is 0 Å². The molecule has 0 spiro atoms. The van der Waals surface area contributed by atoms with Crippen molar-refractivity contribution in [3.05, 3.63) is 48.5 Å². The van der Waals surface area contributed by atoms with Crippen LogP contribution >= 0.6 is 34.0 Å². The molecule has 0 aliphatic rings. The Labute approximate surface area is 117 Å². The molecule has 0 saturated heterocycles. The summed E-state index contributed by atoms with van der Waals surface area (Å²) in [4.78, 5) is 7.10.